The van der Waals surface area contributed by atoms with Gasteiger partial charge in [-0.3, -0.25) is 4.79 Å². The van der Waals surface area contributed by atoms with Gasteiger partial charge in [0.2, 0.25) is 5.91 Å². The molecule has 25 heavy (non-hydrogen) atoms. The largest absolute Gasteiger partial charge is 0.467 e. The Kier molecular flexibility index (Phi) is 4.10. The number of amides is 1. The van der Waals surface area contributed by atoms with Crippen molar-refractivity contribution in [3.8, 4) is 0 Å². The van der Waals surface area contributed by atoms with Gasteiger partial charge in [0.25, 0.3) is 0 Å². The number of hydrogen-bond donors (Lipinski definition) is 1. The van der Waals surface area contributed by atoms with Crippen molar-refractivity contribution in [1.29, 1.82) is 0 Å². The summed E-state index contributed by atoms with van der Waals surface area (Å²) in [5.74, 6) is 2.18. The van der Waals surface area contributed by atoms with Crippen molar-refractivity contribution in [2.75, 3.05) is 19.0 Å². The summed E-state index contributed by atoms with van der Waals surface area (Å²) in [5, 5.41) is 7.37. The highest BCUT2D eigenvalue weighted by Crippen LogP contribution is 2.36. The number of carbonyl (C=O) groups excluding carboxylic acids is 1. The smallest absolute Gasteiger partial charge is 0.226 e. The van der Waals surface area contributed by atoms with Gasteiger partial charge in [-0.1, -0.05) is 0 Å². The lowest BCUT2D eigenvalue weighted by Crippen LogP contribution is -2.26. The van der Waals surface area contributed by atoms with Crippen LogP contribution in [0.15, 0.2) is 41.4 Å². The Balaban J connectivity index is 1.67. The fraction of sp³-hybridized carbons (Fsp3) is 0.353. The summed E-state index contributed by atoms with van der Waals surface area (Å²) in [7, 11) is 1.67. The fourth-order valence-electron chi connectivity index (χ4n) is 3.18. The van der Waals surface area contributed by atoms with Gasteiger partial charge >= 0.3 is 0 Å². The summed E-state index contributed by atoms with van der Waals surface area (Å²) < 4.78 is 14.3. The van der Waals surface area contributed by atoms with E-state index < -0.39 is 0 Å². The SMILES string of the molecule is COCCn1ccnc1[C@@H]1CC(=O)Nc2c1cnn2Cc1ccco1. The Morgan fingerprint density at radius 3 is 3.20 bits per heavy atom. The van der Waals surface area contributed by atoms with E-state index in [1.807, 2.05) is 22.9 Å². The van der Waals surface area contributed by atoms with Gasteiger partial charge in [-0.25, -0.2) is 9.67 Å². The first-order valence-corrected chi connectivity index (χ1v) is 8.14. The Hall–Kier alpha value is -2.87. The van der Waals surface area contributed by atoms with E-state index in [4.69, 9.17) is 9.15 Å². The van der Waals surface area contributed by atoms with Gasteiger partial charge in [0.15, 0.2) is 0 Å². The average molecular weight is 341 g/mol. The van der Waals surface area contributed by atoms with Crippen molar-refractivity contribution >= 4 is 11.7 Å². The van der Waals surface area contributed by atoms with Crippen LogP contribution in [0.4, 0.5) is 5.82 Å². The third-order valence-corrected chi connectivity index (χ3v) is 4.37. The number of imidazole rings is 1. The Morgan fingerprint density at radius 1 is 1.48 bits per heavy atom. The van der Waals surface area contributed by atoms with E-state index >= 15 is 0 Å². The fourth-order valence-corrected chi connectivity index (χ4v) is 3.18. The summed E-state index contributed by atoms with van der Waals surface area (Å²) >= 11 is 0. The first-order chi connectivity index (χ1) is 12.3. The molecule has 0 saturated carbocycles. The second-order valence-electron chi connectivity index (χ2n) is 5.96. The maximum absolute atomic E-state index is 12.3. The van der Waals surface area contributed by atoms with Gasteiger partial charge in [-0.15, -0.1) is 0 Å². The van der Waals surface area contributed by atoms with Gasteiger partial charge in [-0.05, 0) is 12.1 Å². The zero-order valence-electron chi connectivity index (χ0n) is 13.9. The monoisotopic (exact) mass is 341 g/mol. The molecule has 3 aromatic heterocycles. The maximum Gasteiger partial charge on any atom is 0.226 e. The zero-order valence-corrected chi connectivity index (χ0v) is 13.9. The van der Waals surface area contributed by atoms with Crippen LogP contribution in [-0.4, -0.2) is 39.0 Å². The number of rotatable bonds is 6. The molecular weight excluding hydrogens is 322 g/mol. The summed E-state index contributed by atoms with van der Waals surface area (Å²) in [6.45, 7) is 1.75. The second-order valence-corrected chi connectivity index (χ2v) is 5.96. The number of aromatic nitrogens is 4. The highest BCUT2D eigenvalue weighted by atomic mass is 16.5. The molecule has 1 N–H and O–H groups in total. The maximum atomic E-state index is 12.3. The molecular formula is C17H19N5O3. The molecule has 0 unspecified atom stereocenters. The number of fused-ring (bicyclic) bond motifs is 1. The van der Waals surface area contributed by atoms with Crippen LogP contribution < -0.4 is 5.32 Å². The van der Waals surface area contributed by atoms with E-state index in [9.17, 15) is 4.79 Å². The Bertz CT molecular complexity index is 865. The summed E-state index contributed by atoms with van der Waals surface area (Å²) in [4.78, 5) is 16.8. The molecule has 0 aliphatic carbocycles. The third-order valence-electron chi connectivity index (χ3n) is 4.37. The third kappa shape index (κ3) is 2.96. The van der Waals surface area contributed by atoms with Crippen LogP contribution in [-0.2, 0) is 22.6 Å². The summed E-state index contributed by atoms with van der Waals surface area (Å²) in [6.07, 6.45) is 7.44. The van der Waals surface area contributed by atoms with E-state index in [-0.39, 0.29) is 11.8 Å². The first kappa shape index (κ1) is 15.6. The van der Waals surface area contributed by atoms with Gasteiger partial charge in [-0.2, -0.15) is 5.10 Å². The molecule has 4 heterocycles. The minimum absolute atomic E-state index is 0.0417. The average Bonchev–Trinajstić information content (AvgIpc) is 3.34. The predicted molar refractivity (Wildman–Crippen MR) is 89.2 cm³/mol. The van der Waals surface area contributed by atoms with Crippen molar-refractivity contribution in [3.63, 3.8) is 0 Å². The van der Waals surface area contributed by atoms with E-state index in [0.717, 1.165) is 17.1 Å². The molecule has 0 bridgehead atoms. The number of nitrogens with one attached hydrogen (secondary N) is 1. The molecule has 1 aliphatic heterocycles. The van der Waals surface area contributed by atoms with E-state index in [0.29, 0.717) is 31.9 Å². The molecule has 1 amide bonds. The zero-order chi connectivity index (χ0) is 17.2. The number of carbonyl (C=O) groups is 1. The topological polar surface area (TPSA) is 87.1 Å². The highest BCUT2D eigenvalue weighted by molar-refractivity contribution is 5.94. The highest BCUT2D eigenvalue weighted by Gasteiger charge is 2.32. The van der Waals surface area contributed by atoms with E-state index in [1.165, 1.54) is 0 Å². The van der Waals surface area contributed by atoms with Crippen molar-refractivity contribution in [1.82, 2.24) is 19.3 Å². The van der Waals surface area contributed by atoms with Gasteiger partial charge in [0.05, 0.1) is 25.0 Å². The number of hydrogen-bond acceptors (Lipinski definition) is 5. The summed E-state index contributed by atoms with van der Waals surface area (Å²) in [6, 6.07) is 3.72. The van der Waals surface area contributed by atoms with Gasteiger partial charge in [0.1, 0.15) is 23.9 Å². The second kappa shape index (κ2) is 6.56. The standard InChI is InChI=1S/C17H19N5O3/c1-24-8-6-21-5-4-18-16(21)13-9-15(23)20-17-14(13)10-19-22(17)11-12-3-2-7-25-12/h2-5,7,10,13H,6,8-9,11H2,1H3,(H,20,23)/t13-/m1/s1. The van der Waals surface area contributed by atoms with Crippen molar-refractivity contribution in [2.45, 2.75) is 25.4 Å². The molecule has 0 radical (unpaired) electrons. The molecule has 0 fully saturated rings. The lowest BCUT2D eigenvalue weighted by molar-refractivity contribution is -0.116. The van der Waals surface area contributed by atoms with Crippen molar-refractivity contribution in [3.05, 3.63) is 54.1 Å². The number of furan rings is 1. The van der Waals surface area contributed by atoms with Crippen molar-refractivity contribution in [2.24, 2.45) is 0 Å². The van der Waals surface area contributed by atoms with Crippen LogP contribution in [0.25, 0.3) is 0 Å². The molecule has 8 nitrogen and oxygen atoms in total. The van der Waals surface area contributed by atoms with E-state index in [2.05, 4.69) is 15.4 Å². The lowest BCUT2D eigenvalue weighted by Gasteiger charge is -2.23. The molecule has 0 spiro atoms. The molecule has 4 rings (SSSR count). The number of methoxy groups -OCH3 is 1. The van der Waals surface area contributed by atoms with Crippen LogP contribution in [0.3, 0.4) is 0 Å². The minimum atomic E-state index is -0.124. The molecule has 1 atom stereocenters. The number of anilines is 1. The molecule has 1 aliphatic rings. The quantitative estimate of drug-likeness (QED) is 0.739. The van der Waals surface area contributed by atoms with Gasteiger partial charge in [0, 0.05) is 38.0 Å². The van der Waals surface area contributed by atoms with E-state index in [1.54, 1.807) is 30.4 Å². The van der Waals surface area contributed by atoms with Crippen LogP contribution in [0, 0.1) is 0 Å². The minimum Gasteiger partial charge on any atom is -0.467 e. The van der Waals surface area contributed by atoms with Gasteiger partial charge < -0.3 is 19.0 Å². The molecule has 0 aromatic carbocycles. The summed E-state index contributed by atoms with van der Waals surface area (Å²) in [5.41, 5.74) is 0.969. The number of ether oxygens (including phenoxy) is 1. The number of nitrogens with zero attached hydrogens (tertiary/aromatic N) is 4. The normalized spacial score (nSPS) is 16.7. The first-order valence-electron chi connectivity index (χ1n) is 8.14. The van der Waals surface area contributed by atoms with Crippen LogP contribution in [0.1, 0.15) is 29.5 Å². The predicted octanol–water partition coefficient (Wildman–Crippen LogP) is 1.84. The molecule has 0 saturated heterocycles. The van der Waals surface area contributed by atoms with Crippen molar-refractivity contribution < 1.29 is 13.9 Å². The molecule has 130 valence electrons. The Labute approximate surface area is 144 Å². The van der Waals surface area contributed by atoms with Crippen LogP contribution in [0.2, 0.25) is 0 Å². The molecule has 3 aromatic rings. The van der Waals surface area contributed by atoms with Crippen LogP contribution in [0.5, 0.6) is 0 Å². The Morgan fingerprint density at radius 2 is 2.40 bits per heavy atom. The molecule has 8 heteroatoms. The lowest BCUT2D eigenvalue weighted by atomic mass is 9.93. The van der Waals surface area contributed by atoms with Crippen LogP contribution >= 0.6 is 0 Å².